The monoisotopic (exact) mass is 271 g/mol. The molecule has 100 valence electrons. The smallest absolute Gasteiger partial charge is 0.312 e. The first-order valence-corrected chi connectivity index (χ1v) is 6.10. The summed E-state index contributed by atoms with van der Waals surface area (Å²) in [7, 11) is 0. The maximum atomic E-state index is 10.5. The Bertz CT molecular complexity index is 436. The normalized spacial score (nSPS) is 10.5. The van der Waals surface area contributed by atoms with Gasteiger partial charge in [0, 0.05) is 24.6 Å². The van der Waals surface area contributed by atoms with E-state index in [9.17, 15) is 4.79 Å². The first kappa shape index (κ1) is 14.5. The van der Waals surface area contributed by atoms with Crippen molar-refractivity contribution in [2.24, 2.45) is 5.73 Å². The summed E-state index contributed by atoms with van der Waals surface area (Å²) in [4.78, 5) is 19.1. The van der Waals surface area contributed by atoms with Crippen molar-refractivity contribution in [1.29, 1.82) is 0 Å². The molecule has 0 fully saturated rings. The molecule has 0 spiro atoms. The zero-order chi connectivity index (χ0) is 13.7. The van der Waals surface area contributed by atoms with Gasteiger partial charge in [0.15, 0.2) is 0 Å². The van der Waals surface area contributed by atoms with Crippen LogP contribution in [0.5, 0.6) is 0 Å². The molecule has 0 aliphatic carbocycles. The summed E-state index contributed by atoms with van der Waals surface area (Å²) in [5.74, 6) is 1.58. The zero-order valence-electron chi connectivity index (χ0n) is 10.7. The highest BCUT2D eigenvalue weighted by atomic mass is 35.5. The third-order valence-electron chi connectivity index (χ3n) is 2.34. The number of primary amides is 1. The van der Waals surface area contributed by atoms with Crippen molar-refractivity contribution in [3.05, 3.63) is 16.5 Å². The minimum atomic E-state index is -0.544. The molecule has 0 aliphatic rings. The van der Waals surface area contributed by atoms with Gasteiger partial charge in [0.2, 0.25) is 0 Å². The standard InChI is InChI=1S/C11H18ClN5O/c1-6(2)9-16-8(12)7(3)10(17-9)14-4-5-15-11(13)18/h6H,4-5H2,1-3H3,(H3,13,15,18)(H,14,16,17). The van der Waals surface area contributed by atoms with Crippen molar-refractivity contribution in [2.75, 3.05) is 18.4 Å². The van der Waals surface area contributed by atoms with Crippen LogP contribution >= 0.6 is 11.6 Å². The van der Waals surface area contributed by atoms with Crippen molar-refractivity contribution in [3.63, 3.8) is 0 Å². The lowest BCUT2D eigenvalue weighted by Gasteiger charge is -2.12. The fourth-order valence-corrected chi connectivity index (χ4v) is 1.48. The third-order valence-corrected chi connectivity index (χ3v) is 2.70. The lowest BCUT2D eigenvalue weighted by molar-refractivity contribution is 0.249. The molecule has 0 saturated heterocycles. The highest BCUT2D eigenvalue weighted by Crippen LogP contribution is 2.22. The van der Waals surface area contributed by atoms with Gasteiger partial charge in [-0.2, -0.15) is 0 Å². The Balaban J connectivity index is 2.72. The van der Waals surface area contributed by atoms with Gasteiger partial charge in [0.25, 0.3) is 0 Å². The van der Waals surface area contributed by atoms with E-state index in [1.807, 2.05) is 20.8 Å². The molecule has 0 aromatic carbocycles. The van der Waals surface area contributed by atoms with Crippen LogP contribution in [0.25, 0.3) is 0 Å². The van der Waals surface area contributed by atoms with E-state index in [0.29, 0.717) is 29.9 Å². The summed E-state index contributed by atoms with van der Waals surface area (Å²) in [5, 5.41) is 6.03. The number of urea groups is 1. The van der Waals surface area contributed by atoms with E-state index in [2.05, 4.69) is 20.6 Å². The van der Waals surface area contributed by atoms with E-state index in [0.717, 1.165) is 5.56 Å². The van der Waals surface area contributed by atoms with E-state index >= 15 is 0 Å². The molecule has 0 bridgehead atoms. The lowest BCUT2D eigenvalue weighted by Crippen LogP contribution is -2.33. The number of aromatic nitrogens is 2. The van der Waals surface area contributed by atoms with E-state index < -0.39 is 6.03 Å². The largest absolute Gasteiger partial charge is 0.368 e. The first-order valence-electron chi connectivity index (χ1n) is 5.73. The van der Waals surface area contributed by atoms with E-state index in [1.165, 1.54) is 0 Å². The molecule has 18 heavy (non-hydrogen) atoms. The number of nitrogens with two attached hydrogens (primary N) is 1. The minimum absolute atomic E-state index is 0.201. The average molecular weight is 272 g/mol. The number of hydrogen-bond acceptors (Lipinski definition) is 4. The first-order chi connectivity index (χ1) is 8.41. The summed E-state index contributed by atoms with van der Waals surface area (Å²) >= 11 is 6.05. The number of rotatable bonds is 5. The molecular weight excluding hydrogens is 254 g/mol. The maximum absolute atomic E-state index is 10.5. The van der Waals surface area contributed by atoms with Crippen molar-refractivity contribution in [2.45, 2.75) is 26.7 Å². The quantitative estimate of drug-likeness (QED) is 0.561. The van der Waals surface area contributed by atoms with Gasteiger partial charge < -0.3 is 16.4 Å². The van der Waals surface area contributed by atoms with Crippen LogP contribution in [0.2, 0.25) is 5.15 Å². The van der Waals surface area contributed by atoms with Gasteiger partial charge in [0.1, 0.15) is 16.8 Å². The SMILES string of the molecule is Cc1c(Cl)nc(C(C)C)nc1NCCNC(N)=O. The molecule has 0 saturated carbocycles. The highest BCUT2D eigenvalue weighted by molar-refractivity contribution is 6.30. The van der Waals surface area contributed by atoms with Crippen LogP contribution in [0.15, 0.2) is 0 Å². The topological polar surface area (TPSA) is 92.9 Å². The predicted octanol–water partition coefficient (Wildman–Crippen LogP) is 1.64. The molecule has 7 heteroatoms. The second kappa shape index (κ2) is 6.39. The summed E-state index contributed by atoms with van der Waals surface area (Å²) in [5.41, 5.74) is 5.76. The fourth-order valence-electron chi connectivity index (χ4n) is 1.30. The number of hydrogen-bond donors (Lipinski definition) is 3. The lowest BCUT2D eigenvalue weighted by atomic mass is 10.2. The average Bonchev–Trinajstić information content (AvgIpc) is 2.28. The van der Waals surface area contributed by atoms with E-state index in [4.69, 9.17) is 17.3 Å². The Labute approximate surface area is 111 Å². The van der Waals surface area contributed by atoms with Crippen molar-refractivity contribution in [1.82, 2.24) is 15.3 Å². The maximum Gasteiger partial charge on any atom is 0.312 e. The Kier molecular flexibility index (Phi) is 5.15. The third kappa shape index (κ3) is 4.03. The van der Waals surface area contributed by atoms with Crippen LogP contribution in [0.3, 0.4) is 0 Å². The Hall–Kier alpha value is -1.56. The van der Waals surface area contributed by atoms with Crippen molar-refractivity contribution < 1.29 is 4.79 Å². The van der Waals surface area contributed by atoms with Gasteiger partial charge in [-0.1, -0.05) is 25.4 Å². The second-order valence-electron chi connectivity index (χ2n) is 4.22. The number of anilines is 1. The van der Waals surface area contributed by atoms with Crippen LogP contribution in [0, 0.1) is 6.92 Å². The molecule has 0 atom stereocenters. The van der Waals surface area contributed by atoms with Crippen LogP contribution < -0.4 is 16.4 Å². The Morgan fingerprint density at radius 3 is 2.61 bits per heavy atom. The van der Waals surface area contributed by atoms with Gasteiger partial charge >= 0.3 is 6.03 Å². The molecule has 1 rings (SSSR count). The molecule has 0 radical (unpaired) electrons. The number of halogens is 1. The van der Waals surface area contributed by atoms with Crippen molar-refractivity contribution in [3.8, 4) is 0 Å². The molecule has 1 heterocycles. The van der Waals surface area contributed by atoms with Crippen LogP contribution in [-0.2, 0) is 0 Å². The second-order valence-corrected chi connectivity index (χ2v) is 4.58. The molecule has 0 aliphatic heterocycles. The molecule has 4 N–H and O–H groups in total. The predicted molar refractivity (Wildman–Crippen MR) is 71.9 cm³/mol. The molecule has 6 nitrogen and oxygen atoms in total. The number of carbonyl (C=O) groups is 1. The zero-order valence-corrected chi connectivity index (χ0v) is 11.5. The van der Waals surface area contributed by atoms with Gasteiger partial charge in [-0.25, -0.2) is 14.8 Å². The van der Waals surface area contributed by atoms with Crippen LogP contribution in [0.4, 0.5) is 10.6 Å². The number of nitrogens with zero attached hydrogens (tertiary/aromatic N) is 2. The number of carbonyl (C=O) groups excluding carboxylic acids is 1. The Morgan fingerprint density at radius 1 is 1.39 bits per heavy atom. The minimum Gasteiger partial charge on any atom is -0.368 e. The summed E-state index contributed by atoms with van der Waals surface area (Å²) in [6, 6.07) is -0.544. The number of nitrogens with one attached hydrogen (secondary N) is 2. The fraction of sp³-hybridized carbons (Fsp3) is 0.545. The van der Waals surface area contributed by atoms with Crippen LogP contribution in [-0.4, -0.2) is 29.1 Å². The molecule has 0 unspecified atom stereocenters. The molecular formula is C11H18ClN5O. The summed E-state index contributed by atoms with van der Waals surface area (Å²) in [6.07, 6.45) is 0. The Morgan fingerprint density at radius 2 is 2.06 bits per heavy atom. The van der Waals surface area contributed by atoms with Gasteiger partial charge in [-0.3, -0.25) is 0 Å². The summed E-state index contributed by atoms with van der Waals surface area (Å²) < 4.78 is 0. The number of amides is 2. The molecule has 2 amide bonds. The van der Waals surface area contributed by atoms with Crippen molar-refractivity contribution >= 4 is 23.4 Å². The van der Waals surface area contributed by atoms with E-state index in [1.54, 1.807) is 0 Å². The molecule has 1 aromatic heterocycles. The van der Waals surface area contributed by atoms with E-state index in [-0.39, 0.29) is 5.92 Å². The van der Waals surface area contributed by atoms with Gasteiger partial charge in [-0.05, 0) is 6.92 Å². The summed E-state index contributed by atoms with van der Waals surface area (Å²) in [6.45, 7) is 6.79. The molecule has 1 aromatic rings. The van der Waals surface area contributed by atoms with Gasteiger partial charge in [0.05, 0.1) is 0 Å². The highest BCUT2D eigenvalue weighted by Gasteiger charge is 2.11. The van der Waals surface area contributed by atoms with Crippen LogP contribution in [0.1, 0.15) is 31.2 Å². The van der Waals surface area contributed by atoms with Gasteiger partial charge in [-0.15, -0.1) is 0 Å².